The molecule has 21 heavy (non-hydrogen) atoms. The summed E-state index contributed by atoms with van der Waals surface area (Å²) in [5, 5.41) is 0.597. The monoisotopic (exact) mass is 407 g/mol. The highest BCUT2D eigenvalue weighted by Gasteiger charge is 2.29. The van der Waals surface area contributed by atoms with Gasteiger partial charge in [0.1, 0.15) is 0 Å². The molecule has 0 radical (unpaired) electrons. The number of aryl methyl sites for hydroxylation is 1. The van der Waals surface area contributed by atoms with Crippen LogP contribution in [0.3, 0.4) is 0 Å². The lowest BCUT2D eigenvalue weighted by Crippen LogP contribution is -2.30. The number of nitrogens with zero attached hydrogens (tertiary/aromatic N) is 1. The van der Waals surface area contributed by atoms with E-state index in [1.165, 1.54) is 15.6 Å². The summed E-state index contributed by atoms with van der Waals surface area (Å²) >= 11 is 10.7. The number of thiophene rings is 1. The van der Waals surface area contributed by atoms with Gasteiger partial charge in [-0.05, 0) is 53.5 Å². The topological polar surface area (TPSA) is 37.4 Å². The van der Waals surface area contributed by atoms with Crippen LogP contribution in [-0.2, 0) is 10.0 Å². The van der Waals surface area contributed by atoms with Gasteiger partial charge in [-0.1, -0.05) is 23.7 Å². The fourth-order valence-corrected chi connectivity index (χ4v) is 5.96. The third kappa shape index (κ3) is 3.51. The summed E-state index contributed by atoms with van der Waals surface area (Å²) in [5.74, 6) is 0. The lowest BCUT2D eigenvalue weighted by molar-refractivity contribution is 0.398. The molecule has 1 aromatic carbocycles. The minimum atomic E-state index is -3.54. The number of hydrogen-bond acceptors (Lipinski definition) is 3. The summed E-state index contributed by atoms with van der Waals surface area (Å²) in [6.45, 7) is 3.65. The van der Waals surface area contributed by atoms with Crippen LogP contribution in [0.5, 0.6) is 0 Å². The minimum Gasteiger partial charge on any atom is -0.207 e. The molecule has 1 atom stereocenters. The quantitative estimate of drug-likeness (QED) is 0.725. The van der Waals surface area contributed by atoms with Crippen molar-refractivity contribution in [2.45, 2.75) is 24.8 Å². The van der Waals surface area contributed by atoms with E-state index in [2.05, 4.69) is 15.9 Å². The Morgan fingerprint density at radius 3 is 2.52 bits per heavy atom. The maximum absolute atomic E-state index is 12.7. The van der Waals surface area contributed by atoms with E-state index in [4.69, 9.17) is 11.6 Å². The largest absolute Gasteiger partial charge is 0.244 e. The summed E-state index contributed by atoms with van der Waals surface area (Å²) in [6, 6.07) is 8.60. The average molecular weight is 409 g/mol. The van der Waals surface area contributed by atoms with Gasteiger partial charge in [-0.2, -0.15) is 4.31 Å². The van der Waals surface area contributed by atoms with Crippen LogP contribution in [-0.4, -0.2) is 19.8 Å². The van der Waals surface area contributed by atoms with Crippen LogP contribution in [0.1, 0.15) is 23.4 Å². The lowest BCUT2D eigenvalue weighted by atomic mass is 10.1. The van der Waals surface area contributed by atoms with Gasteiger partial charge in [0.25, 0.3) is 0 Å². The summed E-state index contributed by atoms with van der Waals surface area (Å²) in [4.78, 5) is 1.11. The van der Waals surface area contributed by atoms with Crippen LogP contribution < -0.4 is 0 Å². The summed E-state index contributed by atoms with van der Waals surface area (Å²) in [7, 11) is -1.95. The molecule has 0 saturated carbocycles. The molecule has 1 heterocycles. The van der Waals surface area contributed by atoms with Gasteiger partial charge in [-0.3, -0.25) is 0 Å². The molecular formula is C14H15BrClNO2S2. The molecule has 0 aliphatic rings. The van der Waals surface area contributed by atoms with Crippen molar-refractivity contribution in [3.8, 4) is 0 Å². The molecular weight excluding hydrogens is 394 g/mol. The van der Waals surface area contributed by atoms with Crippen LogP contribution in [0.15, 0.2) is 39.0 Å². The first kappa shape index (κ1) is 17.0. The molecule has 0 N–H and O–H groups in total. The number of halogens is 2. The van der Waals surface area contributed by atoms with Gasteiger partial charge >= 0.3 is 0 Å². The normalized spacial score (nSPS) is 13.6. The van der Waals surface area contributed by atoms with Crippen molar-refractivity contribution in [2.24, 2.45) is 0 Å². The molecule has 3 nitrogen and oxygen atoms in total. The number of benzene rings is 1. The van der Waals surface area contributed by atoms with Gasteiger partial charge in [-0.15, -0.1) is 11.3 Å². The third-order valence-electron chi connectivity index (χ3n) is 3.38. The molecule has 0 amide bonds. The van der Waals surface area contributed by atoms with Crippen LogP contribution in [0, 0.1) is 6.92 Å². The Hall–Kier alpha value is -0.400. The molecule has 1 unspecified atom stereocenters. The fourth-order valence-electron chi connectivity index (χ4n) is 2.03. The van der Waals surface area contributed by atoms with E-state index in [1.807, 2.05) is 19.1 Å². The molecule has 1 aromatic heterocycles. The Bertz CT molecular complexity index is 758. The first-order chi connectivity index (χ1) is 9.73. The molecule has 0 aliphatic carbocycles. The lowest BCUT2D eigenvalue weighted by Gasteiger charge is -2.24. The third-order valence-corrected chi connectivity index (χ3v) is 7.35. The zero-order chi connectivity index (χ0) is 15.8. The molecule has 2 rings (SSSR count). The molecule has 0 fully saturated rings. The molecule has 7 heteroatoms. The van der Waals surface area contributed by atoms with Gasteiger partial charge in [-0.25, -0.2) is 8.42 Å². The van der Waals surface area contributed by atoms with E-state index in [0.29, 0.717) is 9.92 Å². The highest BCUT2D eigenvalue weighted by atomic mass is 79.9. The second kappa shape index (κ2) is 6.38. The standard InChI is InChI=1S/C14H15BrClNO2S2/c1-9(11-5-4-6-12(16)7-11)17(3)21(18,19)13-8-14(15)20-10(13)2/h4-9H,1-3H3. The zero-order valence-electron chi connectivity index (χ0n) is 11.8. The fraction of sp³-hybridized carbons (Fsp3) is 0.286. The molecule has 2 aromatic rings. The van der Waals surface area contributed by atoms with Gasteiger partial charge in [0.05, 0.1) is 8.68 Å². The van der Waals surface area contributed by atoms with Crippen molar-refractivity contribution in [2.75, 3.05) is 7.05 Å². The van der Waals surface area contributed by atoms with Crippen LogP contribution >= 0.6 is 38.9 Å². The van der Waals surface area contributed by atoms with Crippen LogP contribution in [0.25, 0.3) is 0 Å². The predicted octanol–water partition coefficient (Wildman–Crippen LogP) is 4.85. The maximum atomic E-state index is 12.7. The van der Waals surface area contributed by atoms with E-state index >= 15 is 0 Å². The number of rotatable bonds is 4. The highest BCUT2D eigenvalue weighted by molar-refractivity contribution is 9.11. The van der Waals surface area contributed by atoms with Crippen LogP contribution in [0.2, 0.25) is 5.02 Å². The van der Waals surface area contributed by atoms with Crippen molar-refractivity contribution in [3.05, 3.63) is 49.6 Å². The van der Waals surface area contributed by atoms with Gasteiger partial charge in [0.15, 0.2) is 0 Å². The minimum absolute atomic E-state index is 0.299. The second-order valence-electron chi connectivity index (χ2n) is 4.72. The van der Waals surface area contributed by atoms with Crippen LogP contribution in [0.4, 0.5) is 0 Å². The predicted molar refractivity (Wildman–Crippen MR) is 91.6 cm³/mol. The van der Waals surface area contributed by atoms with Crippen molar-refractivity contribution >= 4 is 48.9 Å². The first-order valence-electron chi connectivity index (χ1n) is 6.23. The Balaban J connectivity index is 2.38. The Kier molecular flexibility index (Phi) is 5.15. The Morgan fingerprint density at radius 2 is 2.00 bits per heavy atom. The summed E-state index contributed by atoms with van der Waals surface area (Å²) < 4.78 is 27.7. The summed E-state index contributed by atoms with van der Waals surface area (Å²) in [6.07, 6.45) is 0. The van der Waals surface area contributed by atoms with E-state index in [9.17, 15) is 8.42 Å². The second-order valence-corrected chi connectivity index (χ2v) is 9.76. The average Bonchev–Trinajstić information content (AvgIpc) is 2.76. The SMILES string of the molecule is Cc1sc(Br)cc1S(=O)(=O)N(C)C(C)c1cccc(Cl)c1. The van der Waals surface area contributed by atoms with Gasteiger partial charge in [0, 0.05) is 23.0 Å². The zero-order valence-corrected chi connectivity index (χ0v) is 15.8. The molecule has 0 saturated heterocycles. The molecule has 0 aliphatic heterocycles. The maximum Gasteiger partial charge on any atom is 0.244 e. The van der Waals surface area contributed by atoms with Gasteiger partial charge in [0.2, 0.25) is 10.0 Å². The number of hydrogen-bond donors (Lipinski definition) is 0. The summed E-state index contributed by atoms with van der Waals surface area (Å²) in [5.41, 5.74) is 0.862. The Labute approximate surface area is 142 Å². The molecule has 0 spiro atoms. The van der Waals surface area contributed by atoms with Crippen molar-refractivity contribution < 1.29 is 8.42 Å². The van der Waals surface area contributed by atoms with Gasteiger partial charge < -0.3 is 0 Å². The smallest absolute Gasteiger partial charge is 0.207 e. The van der Waals surface area contributed by atoms with E-state index in [0.717, 1.165) is 14.2 Å². The van der Waals surface area contributed by atoms with Crippen molar-refractivity contribution in [1.82, 2.24) is 4.31 Å². The van der Waals surface area contributed by atoms with Crippen molar-refractivity contribution in [1.29, 1.82) is 0 Å². The van der Waals surface area contributed by atoms with Crippen molar-refractivity contribution in [3.63, 3.8) is 0 Å². The first-order valence-corrected chi connectivity index (χ1v) is 9.65. The highest BCUT2D eigenvalue weighted by Crippen LogP contribution is 2.34. The Morgan fingerprint density at radius 1 is 1.33 bits per heavy atom. The number of sulfonamides is 1. The van der Waals surface area contributed by atoms with E-state index in [1.54, 1.807) is 32.2 Å². The van der Waals surface area contributed by atoms with E-state index < -0.39 is 10.0 Å². The molecule has 0 bridgehead atoms. The molecule has 114 valence electrons. The van der Waals surface area contributed by atoms with E-state index in [-0.39, 0.29) is 6.04 Å².